The van der Waals surface area contributed by atoms with Crippen LogP contribution in [0.15, 0.2) is 146 Å². The Kier molecular flexibility index (Phi) is 12.5. The van der Waals surface area contributed by atoms with Crippen molar-refractivity contribution in [1.29, 1.82) is 0 Å². The van der Waals surface area contributed by atoms with Gasteiger partial charge in [-0.25, -0.2) is 0 Å². The quantitative estimate of drug-likeness (QED) is 0.117. The molecule has 0 amide bonds. The van der Waals surface area contributed by atoms with Gasteiger partial charge in [0, 0.05) is 43.1 Å². The lowest BCUT2D eigenvalue weighted by Crippen LogP contribution is -2.16. The van der Waals surface area contributed by atoms with Gasteiger partial charge in [0.1, 0.15) is 0 Å². The highest BCUT2D eigenvalue weighted by Gasteiger charge is 2.22. The molecule has 0 saturated carbocycles. The summed E-state index contributed by atoms with van der Waals surface area (Å²) < 4.78 is 0. The fourth-order valence-electron chi connectivity index (χ4n) is 10.5. The van der Waals surface area contributed by atoms with Gasteiger partial charge in [-0.05, 0) is 142 Å². The molecule has 0 radical (unpaired) electrons. The van der Waals surface area contributed by atoms with Crippen molar-refractivity contribution in [3.8, 4) is 0 Å². The molecule has 68 heavy (non-hydrogen) atoms. The van der Waals surface area contributed by atoms with Gasteiger partial charge in [0.2, 0.25) is 0 Å². The molecular weight excluding hydrogens is 825 g/mol. The third-order valence-electron chi connectivity index (χ3n) is 13.7. The van der Waals surface area contributed by atoms with Crippen molar-refractivity contribution in [2.75, 3.05) is 0 Å². The summed E-state index contributed by atoms with van der Waals surface area (Å²) in [6, 6.07) is 54.0. The van der Waals surface area contributed by atoms with Crippen LogP contribution in [-0.2, 0) is 0 Å². The summed E-state index contributed by atoms with van der Waals surface area (Å²) in [5.74, 6) is 0. The second-order valence-electron chi connectivity index (χ2n) is 17.0. The van der Waals surface area contributed by atoms with Crippen molar-refractivity contribution in [3.63, 3.8) is 0 Å². The lowest BCUT2D eigenvalue weighted by molar-refractivity contribution is 1.19. The number of aromatic nitrogens is 4. The summed E-state index contributed by atoms with van der Waals surface area (Å²) in [6.07, 6.45) is 0. The van der Waals surface area contributed by atoms with Crippen LogP contribution in [0.5, 0.6) is 0 Å². The molecule has 0 aliphatic carbocycles. The Balaban J connectivity index is 0.000000689. The lowest BCUT2D eigenvalue weighted by Gasteiger charge is -2.03. The van der Waals surface area contributed by atoms with Crippen molar-refractivity contribution >= 4 is 108 Å². The van der Waals surface area contributed by atoms with Gasteiger partial charge in [-0.2, -0.15) is 0 Å². The van der Waals surface area contributed by atoms with Crippen LogP contribution in [0.2, 0.25) is 0 Å². The molecule has 4 N–H and O–H groups in total. The first-order valence-electron chi connectivity index (χ1n) is 24.9. The maximum absolute atomic E-state index is 4.08. The summed E-state index contributed by atoms with van der Waals surface area (Å²) >= 11 is 0. The van der Waals surface area contributed by atoms with E-state index in [1.54, 1.807) is 0 Å². The monoisotopic (exact) mass is 889 g/mol. The number of fused-ring (bicyclic) bond motifs is 24. The topological polar surface area (TPSA) is 63.2 Å². The fourth-order valence-corrected chi connectivity index (χ4v) is 10.5. The van der Waals surface area contributed by atoms with Gasteiger partial charge >= 0.3 is 0 Å². The lowest BCUT2D eigenvalue weighted by atomic mass is 9.98. The van der Waals surface area contributed by atoms with Gasteiger partial charge in [-0.1, -0.05) is 152 Å². The number of H-pyrrole nitrogens is 4. The summed E-state index contributed by atoms with van der Waals surface area (Å²) in [6.45, 7) is 25.1. The zero-order chi connectivity index (χ0) is 48.0. The minimum atomic E-state index is 1.13. The van der Waals surface area contributed by atoms with Crippen molar-refractivity contribution in [2.45, 2.75) is 83.1 Å². The minimum Gasteiger partial charge on any atom is -0.354 e. The molecule has 0 spiro atoms. The zero-order valence-electron chi connectivity index (χ0n) is 41.9. The second kappa shape index (κ2) is 18.6. The number of benzene rings is 8. The molecule has 0 unspecified atom stereocenters. The molecule has 8 aromatic carbocycles. The van der Waals surface area contributed by atoms with Crippen LogP contribution >= 0.6 is 0 Å². The first kappa shape index (κ1) is 45.6. The molecule has 1 aliphatic rings. The van der Waals surface area contributed by atoms with E-state index in [0.717, 1.165) is 44.2 Å². The summed E-state index contributed by atoms with van der Waals surface area (Å²) in [4.78, 5) is 16.3. The molecule has 0 atom stereocenters. The summed E-state index contributed by atoms with van der Waals surface area (Å²) in [7, 11) is 0. The highest BCUT2D eigenvalue weighted by Crippen LogP contribution is 2.37. The van der Waals surface area contributed by atoms with Crippen molar-refractivity contribution in [2.24, 2.45) is 0 Å². The molecular formula is C64H64N4. The van der Waals surface area contributed by atoms with Crippen LogP contribution < -0.4 is 21.4 Å². The summed E-state index contributed by atoms with van der Waals surface area (Å²) in [5.41, 5.74) is 9.21. The Morgan fingerprint density at radius 1 is 0.221 bits per heavy atom. The van der Waals surface area contributed by atoms with Crippen LogP contribution in [0, 0.1) is 0 Å². The van der Waals surface area contributed by atoms with E-state index in [0.29, 0.717) is 0 Å². The standard InChI is InChI=1S/C56H40N4.4C2H6/c1-29-49-41-21-33-13-5-7-15-35(33)23-43(41)51(57-49)30(2)53-45-25-37-17-9-11-19-39(37)27-47(45)55(59-53)32(4)56-48-28-40-20-12-10-18-38(40)26-46(48)54(60-56)31(3)52-44-24-36-16-8-6-14-34(36)22-42(44)50(29)58-52;4*1-2/h5-28,57-60H,1-4H3;4*1-2H3. The number of nitrogens with one attached hydrogen (secondary N) is 4. The molecule has 13 rings (SSSR count). The highest BCUT2D eigenvalue weighted by molar-refractivity contribution is 6.11. The maximum atomic E-state index is 4.08. The van der Waals surface area contributed by atoms with Gasteiger partial charge in [-0.3, -0.25) is 0 Å². The number of aromatic amines is 4. The largest absolute Gasteiger partial charge is 0.354 e. The van der Waals surface area contributed by atoms with Crippen molar-refractivity contribution < 1.29 is 0 Å². The molecule has 4 heteroatoms. The SMILES string of the molecule is CC.CC.CC.CC.CC1=c2[nH]c(c3cc4ccccc4cc23)=C(C)c2[nH]c(c3cc4ccccc4cc23)C(C)=c2[nH]c(c3cc4ccccc4cc23)=C(C)c2[nH]c1c1cc3ccccc3cc21. The van der Waals surface area contributed by atoms with Gasteiger partial charge in [0.05, 0.1) is 44.2 Å². The average Bonchev–Trinajstić information content (AvgIpc) is 4.18. The predicted octanol–water partition coefficient (Wildman–Crippen LogP) is 15.5. The molecule has 12 aromatic rings. The van der Waals surface area contributed by atoms with Gasteiger partial charge in [0.25, 0.3) is 0 Å². The minimum absolute atomic E-state index is 1.13. The zero-order valence-corrected chi connectivity index (χ0v) is 41.9. The fraction of sp³-hybridized carbons (Fsp3) is 0.188. The molecule has 0 fully saturated rings. The number of hydrogen-bond acceptors (Lipinski definition) is 0. The molecule has 1 aliphatic heterocycles. The van der Waals surface area contributed by atoms with Crippen LogP contribution in [-0.4, -0.2) is 19.9 Å². The van der Waals surface area contributed by atoms with E-state index < -0.39 is 0 Å². The third kappa shape index (κ3) is 7.13. The van der Waals surface area contributed by atoms with Crippen LogP contribution in [0.4, 0.5) is 0 Å². The van der Waals surface area contributed by atoms with Crippen LogP contribution in [0.1, 0.15) is 106 Å². The number of rotatable bonds is 0. The second-order valence-corrected chi connectivity index (χ2v) is 17.0. The van der Waals surface area contributed by atoms with E-state index in [-0.39, 0.29) is 0 Å². The van der Waals surface area contributed by atoms with Crippen molar-refractivity contribution in [3.05, 3.63) is 190 Å². The van der Waals surface area contributed by atoms with E-state index in [9.17, 15) is 0 Å². The Morgan fingerprint density at radius 3 is 0.559 bits per heavy atom. The highest BCUT2D eigenvalue weighted by atomic mass is 14.8. The molecule has 0 saturated heterocycles. The Hall–Kier alpha value is -7.56. The Labute approximate surface area is 399 Å². The Morgan fingerprint density at radius 2 is 0.382 bits per heavy atom. The van der Waals surface area contributed by atoms with Crippen molar-refractivity contribution in [1.82, 2.24) is 19.9 Å². The maximum Gasteiger partial charge on any atom is 0.0515 e. The first-order chi connectivity index (χ1) is 33.4. The molecule has 5 heterocycles. The van der Waals surface area contributed by atoms with E-state index in [1.165, 1.54) is 108 Å². The molecule has 4 aromatic heterocycles. The number of hydrogen-bond donors (Lipinski definition) is 4. The van der Waals surface area contributed by atoms with E-state index >= 15 is 0 Å². The predicted molar refractivity (Wildman–Crippen MR) is 300 cm³/mol. The van der Waals surface area contributed by atoms with Gasteiger partial charge in [-0.15, -0.1) is 0 Å². The van der Waals surface area contributed by atoms with Crippen LogP contribution in [0.3, 0.4) is 0 Å². The van der Waals surface area contributed by atoms with Crippen LogP contribution in [0.25, 0.3) is 108 Å². The molecule has 340 valence electrons. The molecule has 4 nitrogen and oxygen atoms in total. The average molecular weight is 889 g/mol. The smallest absolute Gasteiger partial charge is 0.0515 e. The molecule has 8 bridgehead atoms. The first-order valence-corrected chi connectivity index (χ1v) is 24.9. The summed E-state index contributed by atoms with van der Waals surface area (Å²) in [5, 5.41) is 24.0. The Bertz CT molecular complexity index is 3630. The van der Waals surface area contributed by atoms with Gasteiger partial charge < -0.3 is 19.9 Å². The normalized spacial score (nSPS) is 12.3. The van der Waals surface area contributed by atoms with E-state index in [2.05, 4.69) is 193 Å². The third-order valence-corrected chi connectivity index (χ3v) is 13.7. The van der Waals surface area contributed by atoms with E-state index in [1.807, 2.05) is 55.4 Å². The van der Waals surface area contributed by atoms with E-state index in [4.69, 9.17) is 0 Å². The van der Waals surface area contributed by atoms with Gasteiger partial charge in [0.15, 0.2) is 0 Å².